The molecule has 5 heteroatoms. The summed E-state index contributed by atoms with van der Waals surface area (Å²) in [6.45, 7) is 5.76. The van der Waals surface area contributed by atoms with Crippen molar-refractivity contribution in [3.8, 4) is 0 Å². The topological polar surface area (TPSA) is 78.4 Å². The Hall–Kier alpha value is -1.88. The minimum atomic E-state index is -0.694. The molecule has 0 heterocycles. The van der Waals surface area contributed by atoms with Crippen LogP contribution in [-0.4, -0.2) is 29.6 Å². The van der Waals surface area contributed by atoms with Crippen molar-refractivity contribution in [2.75, 3.05) is 11.9 Å². The first-order chi connectivity index (χ1) is 9.47. The minimum Gasteiger partial charge on any atom is -0.396 e. The number of anilines is 1. The fraction of sp³-hybridized carbons (Fsp3) is 0.467. The number of carbonyl (C=O) groups is 2. The molecule has 0 aliphatic rings. The van der Waals surface area contributed by atoms with Gasteiger partial charge in [0.2, 0.25) is 0 Å². The lowest BCUT2D eigenvalue weighted by Crippen LogP contribution is -2.40. The van der Waals surface area contributed by atoms with Crippen molar-refractivity contribution in [1.29, 1.82) is 0 Å². The van der Waals surface area contributed by atoms with Gasteiger partial charge in [0, 0.05) is 18.3 Å². The van der Waals surface area contributed by atoms with Gasteiger partial charge in [-0.2, -0.15) is 0 Å². The fourth-order valence-corrected chi connectivity index (χ4v) is 1.87. The maximum absolute atomic E-state index is 11.8. The number of nitrogens with one attached hydrogen (secondary N) is 2. The van der Waals surface area contributed by atoms with E-state index in [4.69, 9.17) is 5.11 Å². The van der Waals surface area contributed by atoms with Crippen LogP contribution in [0.25, 0.3) is 0 Å². The Bertz CT molecular complexity index is 486. The number of hydrogen-bond acceptors (Lipinski definition) is 3. The highest BCUT2D eigenvalue weighted by Crippen LogP contribution is 2.15. The molecule has 0 aliphatic heterocycles. The molecule has 0 saturated carbocycles. The van der Waals surface area contributed by atoms with Crippen molar-refractivity contribution in [2.45, 2.75) is 39.7 Å². The molecule has 0 bridgehead atoms. The molecule has 0 fully saturated rings. The zero-order valence-corrected chi connectivity index (χ0v) is 12.2. The molecule has 20 heavy (non-hydrogen) atoms. The SMILES string of the molecule is CCc1cc(NC(=O)C(=O)NC(C)CCO)ccc1C. The van der Waals surface area contributed by atoms with E-state index in [0.717, 1.165) is 17.5 Å². The van der Waals surface area contributed by atoms with E-state index >= 15 is 0 Å². The van der Waals surface area contributed by atoms with Crippen LogP contribution in [0.3, 0.4) is 0 Å². The molecule has 1 aromatic rings. The highest BCUT2D eigenvalue weighted by atomic mass is 16.3. The molecular weight excluding hydrogens is 256 g/mol. The zero-order valence-electron chi connectivity index (χ0n) is 12.2. The molecule has 0 aromatic heterocycles. The largest absolute Gasteiger partial charge is 0.396 e. The van der Waals surface area contributed by atoms with Gasteiger partial charge in [-0.3, -0.25) is 9.59 Å². The molecule has 1 rings (SSSR count). The predicted octanol–water partition coefficient (Wildman–Crippen LogP) is 1.38. The monoisotopic (exact) mass is 278 g/mol. The summed E-state index contributed by atoms with van der Waals surface area (Å²) >= 11 is 0. The van der Waals surface area contributed by atoms with Crippen LogP contribution in [0, 0.1) is 6.92 Å². The Kier molecular flexibility index (Phi) is 6.18. The van der Waals surface area contributed by atoms with Gasteiger partial charge in [-0.1, -0.05) is 13.0 Å². The smallest absolute Gasteiger partial charge is 0.313 e. The second-order valence-electron chi connectivity index (χ2n) is 4.84. The van der Waals surface area contributed by atoms with E-state index in [1.165, 1.54) is 0 Å². The highest BCUT2D eigenvalue weighted by Gasteiger charge is 2.16. The van der Waals surface area contributed by atoms with Crippen LogP contribution in [0.1, 0.15) is 31.4 Å². The van der Waals surface area contributed by atoms with E-state index in [0.29, 0.717) is 12.1 Å². The van der Waals surface area contributed by atoms with Crippen molar-refractivity contribution in [1.82, 2.24) is 5.32 Å². The van der Waals surface area contributed by atoms with Gasteiger partial charge >= 0.3 is 11.8 Å². The average Bonchev–Trinajstić information content (AvgIpc) is 2.41. The van der Waals surface area contributed by atoms with Crippen LogP contribution in [0.15, 0.2) is 18.2 Å². The first-order valence-corrected chi connectivity index (χ1v) is 6.80. The van der Waals surface area contributed by atoms with Gasteiger partial charge < -0.3 is 15.7 Å². The van der Waals surface area contributed by atoms with Gasteiger partial charge in [-0.05, 0) is 49.9 Å². The molecular formula is C15H22N2O3. The first-order valence-electron chi connectivity index (χ1n) is 6.80. The Labute approximate surface area is 119 Å². The van der Waals surface area contributed by atoms with Gasteiger partial charge in [-0.15, -0.1) is 0 Å². The normalized spacial score (nSPS) is 11.8. The van der Waals surface area contributed by atoms with Crippen LogP contribution in [0.2, 0.25) is 0 Å². The van der Waals surface area contributed by atoms with Crippen molar-refractivity contribution in [2.24, 2.45) is 0 Å². The first kappa shape index (κ1) is 16.2. The summed E-state index contributed by atoms with van der Waals surface area (Å²) in [5, 5.41) is 13.9. The summed E-state index contributed by atoms with van der Waals surface area (Å²) in [6.07, 6.45) is 1.29. The third-order valence-electron chi connectivity index (χ3n) is 3.13. The fourth-order valence-electron chi connectivity index (χ4n) is 1.87. The van der Waals surface area contributed by atoms with Crippen LogP contribution in [0.4, 0.5) is 5.69 Å². The van der Waals surface area contributed by atoms with Crippen molar-refractivity contribution >= 4 is 17.5 Å². The standard InChI is InChI=1S/C15H22N2O3/c1-4-12-9-13(6-5-10(12)2)17-15(20)14(19)16-11(3)7-8-18/h5-6,9,11,18H,4,7-8H2,1-3H3,(H,16,19)(H,17,20). The number of hydrogen-bond donors (Lipinski definition) is 3. The maximum atomic E-state index is 11.8. The summed E-state index contributed by atoms with van der Waals surface area (Å²) in [5.74, 6) is -1.38. The van der Waals surface area contributed by atoms with Crippen LogP contribution < -0.4 is 10.6 Å². The Morgan fingerprint density at radius 2 is 2.00 bits per heavy atom. The molecule has 0 radical (unpaired) electrons. The Balaban J connectivity index is 2.64. The van der Waals surface area contributed by atoms with Crippen molar-refractivity contribution in [3.63, 3.8) is 0 Å². The van der Waals surface area contributed by atoms with Crippen LogP contribution in [0.5, 0.6) is 0 Å². The van der Waals surface area contributed by atoms with Crippen LogP contribution >= 0.6 is 0 Å². The molecule has 110 valence electrons. The summed E-state index contributed by atoms with van der Waals surface area (Å²) in [6, 6.07) is 5.33. The van der Waals surface area contributed by atoms with Crippen LogP contribution in [-0.2, 0) is 16.0 Å². The number of amides is 2. The summed E-state index contributed by atoms with van der Waals surface area (Å²) in [5.41, 5.74) is 2.91. The van der Waals surface area contributed by atoms with E-state index in [-0.39, 0.29) is 12.6 Å². The van der Waals surface area contributed by atoms with Gasteiger partial charge in [-0.25, -0.2) is 0 Å². The predicted molar refractivity (Wildman–Crippen MR) is 78.5 cm³/mol. The molecule has 2 amide bonds. The number of carbonyl (C=O) groups excluding carboxylic acids is 2. The Morgan fingerprint density at radius 3 is 2.60 bits per heavy atom. The molecule has 5 nitrogen and oxygen atoms in total. The van der Waals surface area contributed by atoms with E-state index in [1.54, 1.807) is 13.0 Å². The lowest BCUT2D eigenvalue weighted by molar-refractivity contribution is -0.136. The zero-order chi connectivity index (χ0) is 15.1. The lowest BCUT2D eigenvalue weighted by Gasteiger charge is -2.13. The van der Waals surface area contributed by atoms with E-state index in [2.05, 4.69) is 10.6 Å². The summed E-state index contributed by atoms with van der Waals surface area (Å²) in [4.78, 5) is 23.4. The average molecular weight is 278 g/mol. The summed E-state index contributed by atoms with van der Waals surface area (Å²) in [7, 11) is 0. The molecule has 0 saturated heterocycles. The van der Waals surface area contributed by atoms with Gasteiger partial charge in [0.15, 0.2) is 0 Å². The lowest BCUT2D eigenvalue weighted by atomic mass is 10.1. The molecule has 1 aromatic carbocycles. The van der Waals surface area contributed by atoms with E-state index in [9.17, 15) is 9.59 Å². The third kappa shape index (κ3) is 4.66. The second-order valence-corrected chi connectivity index (χ2v) is 4.84. The molecule has 3 N–H and O–H groups in total. The third-order valence-corrected chi connectivity index (χ3v) is 3.13. The maximum Gasteiger partial charge on any atom is 0.313 e. The van der Waals surface area contributed by atoms with Gasteiger partial charge in [0.1, 0.15) is 0 Å². The number of aliphatic hydroxyl groups excluding tert-OH is 1. The summed E-state index contributed by atoms with van der Waals surface area (Å²) < 4.78 is 0. The van der Waals surface area contributed by atoms with E-state index in [1.807, 2.05) is 26.0 Å². The highest BCUT2D eigenvalue weighted by molar-refractivity contribution is 6.39. The Morgan fingerprint density at radius 1 is 1.30 bits per heavy atom. The molecule has 1 atom stereocenters. The molecule has 0 spiro atoms. The van der Waals surface area contributed by atoms with Crippen molar-refractivity contribution in [3.05, 3.63) is 29.3 Å². The van der Waals surface area contributed by atoms with Crippen molar-refractivity contribution < 1.29 is 14.7 Å². The van der Waals surface area contributed by atoms with Gasteiger partial charge in [0.05, 0.1) is 0 Å². The minimum absolute atomic E-state index is 0.0269. The number of aryl methyl sites for hydroxylation is 2. The number of benzene rings is 1. The molecule has 1 unspecified atom stereocenters. The number of rotatable bonds is 5. The quantitative estimate of drug-likeness (QED) is 0.712. The van der Waals surface area contributed by atoms with Gasteiger partial charge in [0.25, 0.3) is 0 Å². The van der Waals surface area contributed by atoms with E-state index < -0.39 is 11.8 Å². The second kappa shape index (κ2) is 7.65. The number of aliphatic hydroxyl groups is 1. The molecule has 0 aliphatic carbocycles.